The van der Waals surface area contributed by atoms with Crippen molar-refractivity contribution in [2.24, 2.45) is 5.92 Å². The topological polar surface area (TPSA) is 40.5 Å². The molecule has 1 aromatic carbocycles. The van der Waals surface area contributed by atoms with E-state index in [-0.39, 0.29) is 0 Å². The number of hydrogen-bond donors (Lipinski definition) is 1. The van der Waals surface area contributed by atoms with Crippen molar-refractivity contribution in [2.45, 2.75) is 25.8 Å². The van der Waals surface area contributed by atoms with Gasteiger partial charge < -0.3 is 10.0 Å². The summed E-state index contributed by atoms with van der Waals surface area (Å²) in [6.07, 6.45) is 2.51. The van der Waals surface area contributed by atoms with Gasteiger partial charge in [0.05, 0.1) is 11.3 Å². The molecule has 1 aliphatic rings. The minimum Gasteiger partial charge on any atom is -0.478 e. The first-order valence-corrected chi connectivity index (χ1v) is 6.55. The molecule has 2 rings (SSSR count). The van der Waals surface area contributed by atoms with Crippen molar-refractivity contribution >= 4 is 27.6 Å². The summed E-state index contributed by atoms with van der Waals surface area (Å²) in [7, 11) is 1.97. The highest BCUT2D eigenvalue weighted by molar-refractivity contribution is 9.10. The number of hydrogen-bond acceptors (Lipinski definition) is 2. The van der Waals surface area contributed by atoms with E-state index >= 15 is 0 Å². The number of aromatic carboxylic acids is 1. The molecule has 3 nitrogen and oxygen atoms in total. The van der Waals surface area contributed by atoms with Crippen LogP contribution in [0.1, 0.15) is 30.1 Å². The van der Waals surface area contributed by atoms with E-state index < -0.39 is 5.97 Å². The molecule has 4 heteroatoms. The Kier molecular flexibility index (Phi) is 3.43. The van der Waals surface area contributed by atoms with Crippen molar-refractivity contribution in [3.05, 3.63) is 28.2 Å². The van der Waals surface area contributed by atoms with Crippen molar-refractivity contribution in [1.82, 2.24) is 0 Å². The summed E-state index contributed by atoms with van der Waals surface area (Å²) in [5.41, 5.74) is 1.15. The molecule has 92 valence electrons. The van der Waals surface area contributed by atoms with Crippen LogP contribution >= 0.6 is 15.9 Å². The molecule has 0 amide bonds. The van der Waals surface area contributed by atoms with E-state index in [0.717, 1.165) is 10.2 Å². The van der Waals surface area contributed by atoms with E-state index in [4.69, 9.17) is 0 Å². The Balaban J connectivity index is 2.32. The van der Waals surface area contributed by atoms with Crippen LogP contribution in [0.25, 0.3) is 0 Å². The maximum Gasteiger partial charge on any atom is 0.337 e. The summed E-state index contributed by atoms with van der Waals surface area (Å²) in [6, 6.07) is 5.81. The van der Waals surface area contributed by atoms with Gasteiger partial charge in [-0.05, 0) is 43.9 Å². The molecule has 0 aromatic heterocycles. The third kappa shape index (κ3) is 2.63. The Bertz CT molecular complexity index is 443. The molecule has 1 unspecified atom stereocenters. The van der Waals surface area contributed by atoms with Crippen molar-refractivity contribution in [2.75, 3.05) is 11.9 Å². The van der Waals surface area contributed by atoms with E-state index in [1.165, 1.54) is 12.8 Å². The average Bonchev–Trinajstić information content (AvgIpc) is 3.10. The third-order valence-corrected chi connectivity index (χ3v) is 3.98. The van der Waals surface area contributed by atoms with Crippen LogP contribution in [0.15, 0.2) is 22.7 Å². The molecule has 1 atom stereocenters. The van der Waals surface area contributed by atoms with E-state index in [1.807, 2.05) is 19.2 Å². The van der Waals surface area contributed by atoms with Crippen molar-refractivity contribution in [3.8, 4) is 0 Å². The first kappa shape index (κ1) is 12.4. The Morgan fingerprint density at radius 1 is 1.53 bits per heavy atom. The number of benzene rings is 1. The molecule has 1 aliphatic carbocycles. The second-order valence-corrected chi connectivity index (χ2v) is 5.57. The van der Waals surface area contributed by atoms with Crippen molar-refractivity contribution in [1.29, 1.82) is 0 Å². The molecule has 1 aromatic rings. The fourth-order valence-corrected chi connectivity index (χ4v) is 2.46. The number of nitrogens with zero attached hydrogens (tertiary/aromatic N) is 1. The normalized spacial score (nSPS) is 16.6. The molecule has 0 heterocycles. The molecule has 17 heavy (non-hydrogen) atoms. The van der Waals surface area contributed by atoms with E-state index in [1.54, 1.807) is 6.07 Å². The maximum absolute atomic E-state index is 11.2. The zero-order valence-electron chi connectivity index (χ0n) is 9.98. The highest BCUT2D eigenvalue weighted by Crippen LogP contribution is 2.37. The zero-order chi connectivity index (χ0) is 12.6. The Labute approximate surface area is 110 Å². The van der Waals surface area contributed by atoms with Gasteiger partial charge in [0, 0.05) is 17.6 Å². The number of carboxylic acid groups (broad SMARTS) is 1. The molecule has 0 spiro atoms. The van der Waals surface area contributed by atoms with Gasteiger partial charge in [-0.3, -0.25) is 0 Å². The molecular formula is C13H16BrNO2. The third-order valence-electron chi connectivity index (χ3n) is 3.48. The predicted molar refractivity (Wildman–Crippen MR) is 71.7 cm³/mol. The SMILES string of the molecule is CC(C1CC1)N(C)c1ccc(Br)cc1C(=O)O. The van der Waals surface area contributed by atoms with Crippen LogP contribution in [0.4, 0.5) is 5.69 Å². The Hall–Kier alpha value is -1.03. The lowest BCUT2D eigenvalue weighted by molar-refractivity contribution is 0.0697. The summed E-state index contributed by atoms with van der Waals surface area (Å²) >= 11 is 3.31. The summed E-state index contributed by atoms with van der Waals surface area (Å²) in [6.45, 7) is 2.16. The van der Waals surface area contributed by atoms with Gasteiger partial charge in [0.1, 0.15) is 0 Å². The zero-order valence-corrected chi connectivity index (χ0v) is 11.6. The van der Waals surface area contributed by atoms with Crippen LogP contribution in [-0.2, 0) is 0 Å². The highest BCUT2D eigenvalue weighted by atomic mass is 79.9. The maximum atomic E-state index is 11.2. The number of carbonyl (C=O) groups is 1. The van der Waals surface area contributed by atoms with Gasteiger partial charge in [0.15, 0.2) is 0 Å². The summed E-state index contributed by atoms with van der Waals surface area (Å²) < 4.78 is 0.797. The molecule has 0 radical (unpaired) electrons. The number of carboxylic acids is 1. The van der Waals surface area contributed by atoms with Crippen LogP contribution in [0, 0.1) is 5.92 Å². The quantitative estimate of drug-likeness (QED) is 0.926. The van der Waals surface area contributed by atoms with Crippen LogP contribution in [0.2, 0.25) is 0 Å². The van der Waals surface area contributed by atoms with E-state index in [2.05, 4.69) is 27.8 Å². The Morgan fingerprint density at radius 2 is 2.18 bits per heavy atom. The van der Waals surface area contributed by atoms with Gasteiger partial charge in [-0.25, -0.2) is 4.79 Å². The predicted octanol–water partition coefficient (Wildman–Crippen LogP) is 3.38. The first-order chi connectivity index (χ1) is 8.00. The molecule has 0 bridgehead atoms. The van der Waals surface area contributed by atoms with Gasteiger partial charge in [-0.15, -0.1) is 0 Å². The number of rotatable bonds is 4. The van der Waals surface area contributed by atoms with Gasteiger partial charge in [0.25, 0.3) is 0 Å². The minimum atomic E-state index is -0.879. The van der Waals surface area contributed by atoms with Gasteiger partial charge in [0.2, 0.25) is 0 Å². The molecule has 1 saturated carbocycles. The standard InChI is InChI=1S/C13H16BrNO2/c1-8(9-3-4-9)15(2)12-6-5-10(14)7-11(12)13(16)17/h5-9H,3-4H2,1-2H3,(H,16,17). The molecule has 1 fully saturated rings. The minimum absolute atomic E-state index is 0.356. The summed E-state index contributed by atoms with van der Waals surface area (Å²) in [4.78, 5) is 13.3. The largest absolute Gasteiger partial charge is 0.478 e. The molecular weight excluding hydrogens is 282 g/mol. The number of halogens is 1. The van der Waals surface area contributed by atoms with E-state index in [9.17, 15) is 9.90 Å². The average molecular weight is 298 g/mol. The lowest BCUT2D eigenvalue weighted by Gasteiger charge is -2.28. The lowest BCUT2D eigenvalue weighted by atomic mass is 10.1. The summed E-state index contributed by atoms with van der Waals surface area (Å²) in [5.74, 6) is -0.165. The fraction of sp³-hybridized carbons (Fsp3) is 0.462. The summed E-state index contributed by atoms with van der Waals surface area (Å²) in [5, 5.41) is 9.23. The van der Waals surface area contributed by atoms with E-state index in [0.29, 0.717) is 17.5 Å². The van der Waals surface area contributed by atoms with Crippen molar-refractivity contribution < 1.29 is 9.90 Å². The number of anilines is 1. The van der Waals surface area contributed by atoms with Crippen LogP contribution in [-0.4, -0.2) is 24.2 Å². The van der Waals surface area contributed by atoms with Crippen LogP contribution in [0.3, 0.4) is 0 Å². The Morgan fingerprint density at radius 3 is 2.71 bits per heavy atom. The van der Waals surface area contributed by atoms with Crippen LogP contribution in [0.5, 0.6) is 0 Å². The lowest BCUT2D eigenvalue weighted by Crippen LogP contribution is -2.31. The molecule has 1 N–H and O–H groups in total. The highest BCUT2D eigenvalue weighted by Gasteiger charge is 2.31. The second-order valence-electron chi connectivity index (χ2n) is 4.66. The monoisotopic (exact) mass is 297 g/mol. The van der Waals surface area contributed by atoms with Gasteiger partial charge in [-0.2, -0.15) is 0 Å². The fourth-order valence-electron chi connectivity index (χ4n) is 2.10. The van der Waals surface area contributed by atoms with Gasteiger partial charge in [-0.1, -0.05) is 15.9 Å². The van der Waals surface area contributed by atoms with Gasteiger partial charge >= 0.3 is 5.97 Å². The smallest absolute Gasteiger partial charge is 0.337 e. The second kappa shape index (κ2) is 4.69. The molecule has 0 saturated heterocycles. The van der Waals surface area contributed by atoms with Crippen LogP contribution < -0.4 is 4.90 Å². The van der Waals surface area contributed by atoms with Crippen molar-refractivity contribution in [3.63, 3.8) is 0 Å². The molecule has 0 aliphatic heterocycles. The first-order valence-electron chi connectivity index (χ1n) is 5.76.